The minimum atomic E-state index is 0.0564. The van der Waals surface area contributed by atoms with E-state index in [-0.39, 0.29) is 5.91 Å². The van der Waals surface area contributed by atoms with Gasteiger partial charge < -0.3 is 14.4 Å². The Labute approximate surface area is 215 Å². The van der Waals surface area contributed by atoms with Crippen LogP contribution in [0.5, 0.6) is 11.5 Å². The first-order chi connectivity index (χ1) is 17.4. The van der Waals surface area contributed by atoms with Gasteiger partial charge in [0.2, 0.25) is 0 Å². The largest absolute Gasteiger partial charge is 0.496 e. The summed E-state index contributed by atoms with van der Waals surface area (Å²) in [6.07, 6.45) is 4.35. The Kier molecular flexibility index (Phi) is 8.44. The molecule has 0 N–H and O–H groups in total. The summed E-state index contributed by atoms with van der Waals surface area (Å²) >= 11 is 0. The Morgan fingerprint density at radius 1 is 0.917 bits per heavy atom. The van der Waals surface area contributed by atoms with E-state index >= 15 is 0 Å². The normalized spacial score (nSPS) is 14.3. The predicted molar refractivity (Wildman–Crippen MR) is 146 cm³/mol. The topological polar surface area (TPSA) is 42.0 Å². The van der Waals surface area contributed by atoms with Gasteiger partial charge in [-0.15, -0.1) is 0 Å². The van der Waals surface area contributed by atoms with Gasteiger partial charge in [0.1, 0.15) is 18.1 Å². The molecule has 0 spiro atoms. The fraction of sp³-hybridized carbons (Fsp3) is 0.323. The van der Waals surface area contributed by atoms with E-state index in [1.807, 2.05) is 41.3 Å². The summed E-state index contributed by atoms with van der Waals surface area (Å²) in [6.45, 7) is 10.6. The maximum atomic E-state index is 13.3. The van der Waals surface area contributed by atoms with E-state index in [2.05, 4.69) is 62.1 Å². The molecule has 0 aliphatic carbocycles. The molecule has 3 aromatic rings. The quantitative estimate of drug-likeness (QED) is 0.413. The lowest BCUT2D eigenvalue weighted by molar-refractivity contribution is 0.0650. The number of nitrogens with zero attached hydrogens (tertiary/aromatic N) is 2. The highest BCUT2D eigenvalue weighted by atomic mass is 16.5. The highest BCUT2D eigenvalue weighted by Gasteiger charge is 2.22. The van der Waals surface area contributed by atoms with Crippen molar-refractivity contribution in [3.8, 4) is 11.5 Å². The number of piperazine rings is 1. The van der Waals surface area contributed by atoms with Crippen LogP contribution in [0.3, 0.4) is 0 Å². The van der Waals surface area contributed by atoms with Crippen LogP contribution in [0.1, 0.15) is 38.2 Å². The van der Waals surface area contributed by atoms with E-state index in [0.717, 1.165) is 55.3 Å². The maximum Gasteiger partial charge on any atom is 0.253 e. The molecule has 0 unspecified atom stereocenters. The van der Waals surface area contributed by atoms with Crippen LogP contribution in [0.2, 0.25) is 0 Å². The first-order valence-corrected chi connectivity index (χ1v) is 12.6. The zero-order valence-corrected chi connectivity index (χ0v) is 21.8. The number of carbonyl (C=O) groups is 1. The fourth-order valence-corrected chi connectivity index (χ4v) is 4.55. The van der Waals surface area contributed by atoms with Crippen molar-refractivity contribution < 1.29 is 14.3 Å². The number of rotatable bonds is 8. The second-order valence-electron chi connectivity index (χ2n) is 9.43. The summed E-state index contributed by atoms with van der Waals surface area (Å²) in [4.78, 5) is 17.6. The zero-order chi connectivity index (χ0) is 25.5. The molecule has 36 heavy (non-hydrogen) atoms. The molecule has 3 aromatic carbocycles. The van der Waals surface area contributed by atoms with Gasteiger partial charge in [-0.3, -0.25) is 9.69 Å². The van der Waals surface area contributed by atoms with Gasteiger partial charge in [0.25, 0.3) is 5.91 Å². The first-order valence-electron chi connectivity index (χ1n) is 12.6. The summed E-state index contributed by atoms with van der Waals surface area (Å²) in [5, 5.41) is 0. The van der Waals surface area contributed by atoms with Gasteiger partial charge >= 0.3 is 0 Å². The number of carbonyl (C=O) groups excluding carboxylic acids is 1. The van der Waals surface area contributed by atoms with E-state index in [1.54, 1.807) is 7.11 Å². The van der Waals surface area contributed by atoms with Crippen LogP contribution < -0.4 is 9.47 Å². The zero-order valence-electron chi connectivity index (χ0n) is 21.8. The Bertz CT molecular complexity index is 1210. The third kappa shape index (κ3) is 6.35. The van der Waals surface area contributed by atoms with E-state index in [1.165, 1.54) is 16.7 Å². The van der Waals surface area contributed by atoms with Crippen molar-refractivity contribution in [2.75, 3.05) is 39.8 Å². The molecule has 1 heterocycles. The third-order valence-corrected chi connectivity index (χ3v) is 6.81. The first kappa shape index (κ1) is 25.5. The van der Waals surface area contributed by atoms with Crippen molar-refractivity contribution in [1.29, 1.82) is 0 Å². The number of ether oxygens (including phenoxy) is 2. The number of hydrogen-bond acceptors (Lipinski definition) is 4. The van der Waals surface area contributed by atoms with Crippen LogP contribution in [-0.4, -0.2) is 55.5 Å². The van der Waals surface area contributed by atoms with Crippen molar-refractivity contribution in [3.63, 3.8) is 0 Å². The molecule has 1 aliphatic heterocycles. The standard InChI is InChI=1S/C31H36N2O3/c1-23-19-24(2)25(3)30(20-23)36-22-28-21-27(12-13-29(28)35-4)31(34)33-17-15-32(16-18-33)14-8-11-26-9-6-5-7-10-26/h5-13,19-21H,14-18,22H2,1-4H3/b11-8+. The van der Waals surface area contributed by atoms with Gasteiger partial charge in [-0.1, -0.05) is 48.6 Å². The van der Waals surface area contributed by atoms with E-state index in [4.69, 9.17) is 9.47 Å². The third-order valence-electron chi connectivity index (χ3n) is 6.81. The summed E-state index contributed by atoms with van der Waals surface area (Å²) < 4.78 is 11.7. The molecule has 4 rings (SSSR count). The average molecular weight is 485 g/mol. The van der Waals surface area contributed by atoms with E-state index in [9.17, 15) is 4.79 Å². The molecular weight excluding hydrogens is 448 g/mol. The number of amides is 1. The molecule has 5 nitrogen and oxygen atoms in total. The minimum Gasteiger partial charge on any atom is -0.496 e. The predicted octanol–water partition coefficient (Wildman–Crippen LogP) is 5.67. The number of hydrogen-bond donors (Lipinski definition) is 0. The lowest BCUT2D eigenvalue weighted by Gasteiger charge is -2.34. The molecule has 1 saturated heterocycles. The summed E-state index contributed by atoms with van der Waals surface area (Å²) in [5.74, 6) is 1.65. The van der Waals surface area contributed by atoms with Gasteiger partial charge in [-0.2, -0.15) is 0 Å². The van der Waals surface area contributed by atoms with Gasteiger partial charge in [-0.25, -0.2) is 0 Å². The van der Waals surface area contributed by atoms with Gasteiger partial charge in [0.15, 0.2) is 0 Å². The lowest BCUT2D eigenvalue weighted by atomic mass is 10.1. The average Bonchev–Trinajstić information content (AvgIpc) is 2.90. The van der Waals surface area contributed by atoms with Crippen LogP contribution in [0.25, 0.3) is 6.08 Å². The number of aryl methyl sites for hydroxylation is 2. The van der Waals surface area contributed by atoms with Gasteiger partial charge in [0, 0.05) is 43.9 Å². The second-order valence-corrected chi connectivity index (χ2v) is 9.43. The Balaban J connectivity index is 1.36. The molecule has 0 bridgehead atoms. The van der Waals surface area contributed by atoms with Crippen LogP contribution in [0.15, 0.2) is 66.7 Å². The van der Waals surface area contributed by atoms with Crippen LogP contribution in [0.4, 0.5) is 0 Å². The molecule has 0 radical (unpaired) electrons. The SMILES string of the molecule is COc1ccc(C(=O)N2CCN(C/C=C/c3ccccc3)CC2)cc1COc1cc(C)cc(C)c1C. The molecule has 1 aliphatic rings. The second kappa shape index (κ2) is 11.9. The summed E-state index contributed by atoms with van der Waals surface area (Å²) in [5.41, 5.74) is 6.24. The Hall–Kier alpha value is -3.57. The van der Waals surface area contributed by atoms with E-state index in [0.29, 0.717) is 12.2 Å². The maximum absolute atomic E-state index is 13.3. The number of methoxy groups -OCH3 is 1. The van der Waals surface area contributed by atoms with Crippen LogP contribution >= 0.6 is 0 Å². The van der Waals surface area contributed by atoms with Gasteiger partial charge in [-0.05, 0) is 67.3 Å². The lowest BCUT2D eigenvalue weighted by Crippen LogP contribution is -2.48. The minimum absolute atomic E-state index is 0.0564. The molecular formula is C31H36N2O3. The van der Waals surface area contributed by atoms with Crippen molar-refractivity contribution in [3.05, 3.63) is 100 Å². The molecule has 188 valence electrons. The molecule has 0 aromatic heterocycles. The molecule has 1 fully saturated rings. The van der Waals surface area contributed by atoms with Crippen molar-refractivity contribution in [2.24, 2.45) is 0 Å². The highest BCUT2D eigenvalue weighted by Crippen LogP contribution is 2.27. The van der Waals surface area contributed by atoms with Gasteiger partial charge in [0.05, 0.1) is 7.11 Å². The molecule has 5 heteroatoms. The van der Waals surface area contributed by atoms with E-state index < -0.39 is 0 Å². The van der Waals surface area contributed by atoms with Crippen LogP contribution in [0, 0.1) is 20.8 Å². The van der Waals surface area contributed by atoms with Crippen molar-refractivity contribution in [2.45, 2.75) is 27.4 Å². The molecule has 0 saturated carbocycles. The summed E-state index contributed by atoms with van der Waals surface area (Å²) in [7, 11) is 1.65. The Morgan fingerprint density at radius 2 is 1.67 bits per heavy atom. The van der Waals surface area contributed by atoms with Crippen LogP contribution in [-0.2, 0) is 6.61 Å². The summed E-state index contributed by atoms with van der Waals surface area (Å²) in [6, 6.07) is 20.2. The smallest absolute Gasteiger partial charge is 0.253 e. The monoisotopic (exact) mass is 484 g/mol. The fourth-order valence-electron chi connectivity index (χ4n) is 4.55. The molecule has 1 amide bonds. The Morgan fingerprint density at radius 3 is 2.39 bits per heavy atom. The highest BCUT2D eigenvalue weighted by molar-refractivity contribution is 5.94. The molecule has 0 atom stereocenters. The number of benzene rings is 3. The van der Waals surface area contributed by atoms with Crippen molar-refractivity contribution >= 4 is 12.0 Å². The van der Waals surface area contributed by atoms with Crippen molar-refractivity contribution in [1.82, 2.24) is 9.80 Å².